The minimum atomic E-state index is -4.48. The molecule has 0 saturated heterocycles. The van der Waals surface area contributed by atoms with Crippen molar-refractivity contribution in [1.82, 2.24) is 14.8 Å². The Kier molecular flexibility index (Phi) is 3.73. The number of rotatable bonds is 5. The minimum absolute atomic E-state index is 0.0145. The summed E-state index contributed by atoms with van der Waals surface area (Å²) in [6.45, 7) is 1.66. The predicted molar refractivity (Wildman–Crippen MR) is 83.1 cm³/mol. The summed E-state index contributed by atoms with van der Waals surface area (Å²) in [4.78, 5) is 16.3. The molecule has 2 aliphatic rings. The normalized spacial score (nSPS) is 17.9. The number of hydrogen-bond donors (Lipinski definition) is 0. The van der Waals surface area contributed by atoms with Gasteiger partial charge in [-0.25, -0.2) is 9.67 Å². The third-order valence-corrected chi connectivity index (χ3v) is 4.60. The van der Waals surface area contributed by atoms with Crippen LogP contribution >= 0.6 is 0 Å². The Hall–Kier alpha value is -2.12. The molecule has 2 aromatic heterocycles. The zero-order valence-corrected chi connectivity index (χ0v) is 13.8. The van der Waals surface area contributed by atoms with E-state index in [0.29, 0.717) is 11.4 Å². The molecule has 0 atom stereocenters. The second-order valence-corrected chi connectivity index (χ2v) is 6.69. The molecule has 2 aromatic rings. The lowest BCUT2D eigenvalue weighted by Crippen LogP contribution is -2.15. The lowest BCUT2D eigenvalue weighted by atomic mass is 10.1. The van der Waals surface area contributed by atoms with Crippen LogP contribution in [0.1, 0.15) is 61.4 Å². The second-order valence-electron chi connectivity index (χ2n) is 6.69. The Bertz CT molecular complexity index is 836. The molecule has 2 saturated carbocycles. The SMILES string of the molecule is CCOC(=O)Cn1nc(C2CC2)c2c(C(F)(F)F)cc(C3CC3)nc21. The quantitative estimate of drug-likeness (QED) is 0.768. The van der Waals surface area contributed by atoms with Gasteiger partial charge in [0.2, 0.25) is 0 Å². The van der Waals surface area contributed by atoms with Gasteiger partial charge in [-0.2, -0.15) is 18.3 Å². The van der Waals surface area contributed by atoms with Crippen molar-refractivity contribution in [3.05, 3.63) is 23.0 Å². The van der Waals surface area contributed by atoms with E-state index in [1.165, 1.54) is 10.7 Å². The van der Waals surface area contributed by atoms with Crippen LogP contribution in [-0.2, 0) is 22.3 Å². The Labute approximate surface area is 142 Å². The molecule has 0 amide bonds. The number of halogens is 3. The van der Waals surface area contributed by atoms with E-state index in [-0.39, 0.29) is 36.0 Å². The fourth-order valence-corrected chi connectivity index (χ4v) is 3.11. The van der Waals surface area contributed by atoms with Crippen LogP contribution in [0.3, 0.4) is 0 Å². The van der Waals surface area contributed by atoms with Gasteiger partial charge in [0, 0.05) is 17.5 Å². The Balaban J connectivity index is 1.90. The number of ether oxygens (including phenoxy) is 1. The summed E-state index contributed by atoms with van der Waals surface area (Å²) in [5.41, 5.74) is 0.303. The largest absolute Gasteiger partial charge is 0.465 e. The summed E-state index contributed by atoms with van der Waals surface area (Å²) in [6.07, 6.45) is -1.17. The van der Waals surface area contributed by atoms with Gasteiger partial charge in [-0.15, -0.1) is 0 Å². The van der Waals surface area contributed by atoms with Gasteiger partial charge < -0.3 is 4.74 Å². The number of pyridine rings is 1. The van der Waals surface area contributed by atoms with Crippen LogP contribution in [0.15, 0.2) is 6.07 Å². The van der Waals surface area contributed by atoms with Crippen molar-refractivity contribution < 1.29 is 22.7 Å². The van der Waals surface area contributed by atoms with E-state index in [1.54, 1.807) is 6.92 Å². The molecule has 2 aliphatic carbocycles. The molecule has 2 fully saturated rings. The van der Waals surface area contributed by atoms with Gasteiger partial charge in [0.25, 0.3) is 0 Å². The number of carbonyl (C=O) groups is 1. The molecule has 0 aliphatic heterocycles. The van der Waals surface area contributed by atoms with Crippen molar-refractivity contribution in [3.8, 4) is 0 Å². The third kappa shape index (κ3) is 3.09. The highest BCUT2D eigenvalue weighted by molar-refractivity contribution is 5.85. The highest BCUT2D eigenvalue weighted by atomic mass is 19.4. The molecular formula is C17H18F3N3O2. The molecule has 134 valence electrons. The number of nitrogens with zero attached hydrogens (tertiary/aromatic N) is 3. The van der Waals surface area contributed by atoms with E-state index in [9.17, 15) is 18.0 Å². The summed E-state index contributed by atoms with van der Waals surface area (Å²) >= 11 is 0. The van der Waals surface area contributed by atoms with Crippen molar-refractivity contribution >= 4 is 17.0 Å². The Morgan fingerprint density at radius 3 is 2.52 bits per heavy atom. The van der Waals surface area contributed by atoms with Crippen LogP contribution in [0.25, 0.3) is 11.0 Å². The summed E-state index contributed by atoms with van der Waals surface area (Å²) in [7, 11) is 0. The lowest BCUT2D eigenvalue weighted by molar-refractivity contribution is -0.144. The van der Waals surface area contributed by atoms with Crippen LogP contribution in [0.2, 0.25) is 0 Å². The summed E-state index contributed by atoms with van der Waals surface area (Å²) < 4.78 is 47.2. The van der Waals surface area contributed by atoms with E-state index in [0.717, 1.165) is 25.7 Å². The van der Waals surface area contributed by atoms with Crippen molar-refractivity contribution in [1.29, 1.82) is 0 Å². The Morgan fingerprint density at radius 1 is 1.28 bits per heavy atom. The molecule has 0 unspecified atom stereocenters. The number of carbonyl (C=O) groups excluding carboxylic acids is 1. The van der Waals surface area contributed by atoms with E-state index in [2.05, 4.69) is 10.1 Å². The number of alkyl halides is 3. The molecule has 2 heterocycles. The number of esters is 1. The molecule has 8 heteroatoms. The first-order valence-electron chi connectivity index (χ1n) is 8.52. The first kappa shape index (κ1) is 16.4. The standard InChI is InChI=1S/C17H18F3N3O2/c1-2-25-13(24)8-23-16-14(15(22-23)10-5-6-10)11(17(18,19)20)7-12(21-16)9-3-4-9/h7,9-10H,2-6,8H2,1H3. The summed E-state index contributed by atoms with van der Waals surface area (Å²) in [5, 5.41) is 4.37. The topological polar surface area (TPSA) is 57.0 Å². The molecule has 0 bridgehead atoms. The minimum Gasteiger partial charge on any atom is -0.465 e. The van der Waals surface area contributed by atoms with Gasteiger partial charge in [-0.05, 0) is 38.7 Å². The molecule has 4 rings (SSSR count). The molecule has 0 spiro atoms. The van der Waals surface area contributed by atoms with Gasteiger partial charge in [0.15, 0.2) is 5.65 Å². The lowest BCUT2D eigenvalue weighted by Gasteiger charge is -2.11. The molecular weight excluding hydrogens is 335 g/mol. The van der Waals surface area contributed by atoms with Crippen molar-refractivity contribution in [2.24, 2.45) is 0 Å². The zero-order valence-electron chi connectivity index (χ0n) is 13.8. The summed E-state index contributed by atoms with van der Waals surface area (Å²) in [6, 6.07) is 1.17. The van der Waals surface area contributed by atoms with E-state index >= 15 is 0 Å². The van der Waals surface area contributed by atoms with Crippen LogP contribution < -0.4 is 0 Å². The molecule has 0 N–H and O–H groups in total. The number of fused-ring (bicyclic) bond motifs is 1. The van der Waals surface area contributed by atoms with Crippen LogP contribution in [0, 0.1) is 0 Å². The average Bonchev–Trinajstić information content (AvgIpc) is 3.43. The van der Waals surface area contributed by atoms with Gasteiger partial charge in [-0.3, -0.25) is 4.79 Å². The third-order valence-electron chi connectivity index (χ3n) is 4.60. The maximum absolute atomic E-state index is 13.7. The molecule has 25 heavy (non-hydrogen) atoms. The van der Waals surface area contributed by atoms with Crippen LogP contribution in [0.4, 0.5) is 13.2 Å². The first-order chi connectivity index (χ1) is 11.9. The zero-order chi connectivity index (χ0) is 17.8. The van der Waals surface area contributed by atoms with Crippen molar-refractivity contribution in [3.63, 3.8) is 0 Å². The van der Waals surface area contributed by atoms with Crippen molar-refractivity contribution in [2.75, 3.05) is 6.61 Å². The molecule has 0 radical (unpaired) electrons. The maximum Gasteiger partial charge on any atom is 0.417 e. The fraction of sp³-hybridized carbons (Fsp3) is 0.588. The Morgan fingerprint density at radius 2 is 1.96 bits per heavy atom. The van der Waals surface area contributed by atoms with Gasteiger partial charge >= 0.3 is 12.1 Å². The van der Waals surface area contributed by atoms with Crippen molar-refractivity contribution in [2.45, 2.75) is 57.2 Å². The highest BCUT2D eigenvalue weighted by Crippen LogP contribution is 2.48. The maximum atomic E-state index is 13.7. The van der Waals surface area contributed by atoms with Gasteiger partial charge in [-0.1, -0.05) is 0 Å². The molecule has 5 nitrogen and oxygen atoms in total. The summed E-state index contributed by atoms with van der Waals surface area (Å²) in [5.74, 6) is -0.442. The number of hydrogen-bond acceptors (Lipinski definition) is 4. The average molecular weight is 353 g/mol. The number of aromatic nitrogens is 3. The van der Waals surface area contributed by atoms with E-state index < -0.39 is 17.7 Å². The molecule has 0 aromatic carbocycles. The van der Waals surface area contributed by atoms with Gasteiger partial charge in [0.1, 0.15) is 6.54 Å². The van der Waals surface area contributed by atoms with E-state index in [1.807, 2.05) is 0 Å². The smallest absolute Gasteiger partial charge is 0.417 e. The predicted octanol–water partition coefficient (Wildman–Crippen LogP) is 3.77. The van der Waals surface area contributed by atoms with Crippen LogP contribution in [-0.4, -0.2) is 27.3 Å². The second kappa shape index (κ2) is 5.71. The first-order valence-corrected chi connectivity index (χ1v) is 8.52. The van der Waals surface area contributed by atoms with Crippen LogP contribution in [0.5, 0.6) is 0 Å². The van der Waals surface area contributed by atoms with Gasteiger partial charge in [0.05, 0.1) is 23.3 Å². The van der Waals surface area contributed by atoms with E-state index in [4.69, 9.17) is 4.74 Å². The fourth-order valence-electron chi connectivity index (χ4n) is 3.11. The monoisotopic (exact) mass is 353 g/mol. The highest BCUT2D eigenvalue weighted by Gasteiger charge is 2.40.